The van der Waals surface area contributed by atoms with Gasteiger partial charge in [-0.2, -0.15) is 0 Å². The molecule has 0 aliphatic carbocycles. The number of fused-ring (bicyclic) bond motifs is 1. The number of nitrogens with zero attached hydrogens (tertiary/aromatic N) is 1. The van der Waals surface area contributed by atoms with Crippen LogP contribution in [0.2, 0.25) is 0 Å². The quantitative estimate of drug-likeness (QED) is 0.399. The van der Waals surface area contributed by atoms with Gasteiger partial charge in [-0.05, 0) is 35.4 Å². The Morgan fingerprint density at radius 3 is 2.68 bits per heavy atom. The SMILES string of the molecule is CCOc1ccc(NC(N)c2cccc3ccccc23)c([N+](=O)[O-])c1. The summed E-state index contributed by atoms with van der Waals surface area (Å²) in [6.07, 6.45) is -0.581. The summed E-state index contributed by atoms with van der Waals surface area (Å²) in [6.45, 7) is 2.27. The third-order valence-corrected chi connectivity index (χ3v) is 3.95. The van der Waals surface area contributed by atoms with Crippen molar-refractivity contribution in [3.63, 3.8) is 0 Å². The van der Waals surface area contributed by atoms with Gasteiger partial charge >= 0.3 is 0 Å². The third kappa shape index (κ3) is 3.54. The number of nitro benzene ring substituents is 1. The van der Waals surface area contributed by atoms with Gasteiger partial charge in [0, 0.05) is 0 Å². The zero-order valence-electron chi connectivity index (χ0n) is 13.8. The Labute approximate surface area is 145 Å². The summed E-state index contributed by atoms with van der Waals surface area (Å²) >= 11 is 0. The molecule has 3 aromatic carbocycles. The average molecular weight is 337 g/mol. The number of nitro groups is 1. The van der Waals surface area contributed by atoms with Crippen LogP contribution in [0.4, 0.5) is 11.4 Å². The highest BCUT2D eigenvalue weighted by molar-refractivity contribution is 5.86. The normalized spacial score (nSPS) is 11.9. The topological polar surface area (TPSA) is 90.4 Å². The second-order valence-electron chi connectivity index (χ2n) is 5.56. The molecule has 0 aliphatic rings. The van der Waals surface area contributed by atoms with Crippen LogP contribution in [0.3, 0.4) is 0 Å². The Morgan fingerprint density at radius 1 is 1.16 bits per heavy atom. The van der Waals surface area contributed by atoms with E-state index in [9.17, 15) is 10.1 Å². The molecule has 0 aliphatic heterocycles. The van der Waals surface area contributed by atoms with Crippen molar-refractivity contribution in [1.82, 2.24) is 0 Å². The Balaban J connectivity index is 1.94. The van der Waals surface area contributed by atoms with Gasteiger partial charge in [0.15, 0.2) is 0 Å². The highest BCUT2D eigenvalue weighted by Crippen LogP contribution is 2.32. The molecule has 0 bridgehead atoms. The number of rotatable bonds is 6. The summed E-state index contributed by atoms with van der Waals surface area (Å²) in [5, 5.41) is 16.5. The molecule has 0 amide bonds. The molecule has 3 N–H and O–H groups in total. The molecule has 1 atom stereocenters. The Bertz CT molecular complexity index is 906. The molecule has 0 heterocycles. The first-order chi connectivity index (χ1) is 12.1. The molecule has 0 aromatic heterocycles. The standard InChI is InChI=1S/C19H19N3O3/c1-2-25-14-10-11-17(18(12-14)22(23)24)21-19(20)16-9-5-7-13-6-3-4-8-15(13)16/h3-12,19,21H,2,20H2,1H3. The first-order valence-corrected chi connectivity index (χ1v) is 8.01. The van der Waals surface area contributed by atoms with Crippen molar-refractivity contribution < 1.29 is 9.66 Å². The molecule has 3 rings (SSSR count). The minimum absolute atomic E-state index is 0.0679. The van der Waals surface area contributed by atoms with E-state index in [2.05, 4.69) is 5.32 Å². The number of hydrogen-bond donors (Lipinski definition) is 2. The minimum atomic E-state index is -0.581. The van der Waals surface area contributed by atoms with E-state index in [1.807, 2.05) is 49.4 Å². The fourth-order valence-electron chi connectivity index (χ4n) is 2.81. The van der Waals surface area contributed by atoms with E-state index in [0.717, 1.165) is 16.3 Å². The molecule has 0 radical (unpaired) electrons. The van der Waals surface area contributed by atoms with Crippen LogP contribution in [0.25, 0.3) is 10.8 Å². The van der Waals surface area contributed by atoms with Crippen molar-refractivity contribution in [3.05, 3.63) is 76.3 Å². The summed E-state index contributed by atoms with van der Waals surface area (Å²) in [5.74, 6) is 0.457. The first-order valence-electron chi connectivity index (χ1n) is 8.01. The minimum Gasteiger partial charge on any atom is -0.494 e. The third-order valence-electron chi connectivity index (χ3n) is 3.95. The zero-order valence-corrected chi connectivity index (χ0v) is 13.8. The van der Waals surface area contributed by atoms with Crippen molar-refractivity contribution in [3.8, 4) is 5.75 Å². The highest BCUT2D eigenvalue weighted by atomic mass is 16.6. The number of anilines is 1. The predicted molar refractivity (Wildman–Crippen MR) is 98.8 cm³/mol. The molecule has 0 saturated heterocycles. The van der Waals surface area contributed by atoms with Gasteiger partial charge in [-0.15, -0.1) is 0 Å². The van der Waals surface area contributed by atoms with Crippen molar-refractivity contribution in [1.29, 1.82) is 0 Å². The van der Waals surface area contributed by atoms with Gasteiger partial charge < -0.3 is 15.8 Å². The number of ether oxygens (including phenoxy) is 1. The predicted octanol–water partition coefficient (Wildman–Crippen LogP) is 4.22. The van der Waals surface area contributed by atoms with E-state index in [4.69, 9.17) is 10.5 Å². The summed E-state index contributed by atoms with van der Waals surface area (Å²) in [4.78, 5) is 10.9. The molecular weight excluding hydrogens is 318 g/mol. The maximum Gasteiger partial charge on any atom is 0.296 e. The van der Waals surface area contributed by atoms with Gasteiger partial charge in [0.1, 0.15) is 17.6 Å². The lowest BCUT2D eigenvalue weighted by atomic mass is 10.0. The number of benzene rings is 3. The molecule has 0 saturated carbocycles. The number of nitrogens with two attached hydrogens (primary N) is 1. The van der Waals surface area contributed by atoms with E-state index in [1.165, 1.54) is 6.07 Å². The van der Waals surface area contributed by atoms with Gasteiger partial charge in [-0.3, -0.25) is 10.1 Å². The smallest absolute Gasteiger partial charge is 0.296 e. The Hall–Kier alpha value is -3.12. The number of hydrogen-bond acceptors (Lipinski definition) is 5. The first kappa shape index (κ1) is 16.7. The lowest BCUT2D eigenvalue weighted by molar-refractivity contribution is -0.384. The number of nitrogens with one attached hydrogen (secondary N) is 1. The van der Waals surface area contributed by atoms with Crippen LogP contribution >= 0.6 is 0 Å². The second-order valence-corrected chi connectivity index (χ2v) is 5.56. The molecule has 3 aromatic rings. The highest BCUT2D eigenvalue weighted by Gasteiger charge is 2.18. The van der Waals surface area contributed by atoms with Gasteiger partial charge in [-0.1, -0.05) is 42.5 Å². The van der Waals surface area contributed by atoms with Crippen LogP contribution in [-0.4, -0.2) is 11.5 Å². The van der Waals surface area contributed by atoms with Crippen LogP contribution in [0.1, 0.15) is 18.7 Å². The van der Waals surface area contributed by atoms with Crippen molar-refractivity contribution in [2.45, 2.75) is 13.1 Å². The van der Waals surface area contributed by atoms with E-state index in [1.54, 1.807) is 12.1 Å². The van der Waals surface area contributed by atoms with Gasteiger partial charge in [0.2, 0.25) is 0 Å². The van der Waals surface area contributed by atoms with Gasteiger partial charge in [-0.25, -0.2) is 0 Å². The summed E-state index contributed by atoms with van der Waals surface area (Å²) in [5.41, 5.74) is 7.46. The molecule has 6 heteroatoms. The van der Waals surface area contributed by atoms with Crippen LogP contribution in [0, 0.1) is 10.1 Å². The van der Waals surface area contributed by atoms with E-state index >= 15 is 0 Å². The zero-order chi connectivity index (χ0) is 17.8. The van der Waals surface area contributed by atoms with Crippen LogP contribution in [0.15, 0.2) is 60.7 Å². The molecule has 0 spiro atoms. The Morgan fingerprint density at radius 2 is 1.92 bits per heavy atom. The largest absolute Gasteiger partial charge is 0.494 e. The molecule has 0 fully saturated rings. The van der Waals surface area contributed by atoms with E-state index in [-0.39, 0.29) is 5.69 Å². The second kappa shape index (κ2) is 7.19. The molecule has 128 valence electrons. The summed E-state index contributed by atoms with van der Waals surface area (Å²) in [6, 6.07) is 18.4. The summed E-state index contributed by atoms with van der Waals surface area (Å²) < 4.78 is 5.34. The lowest BCUT2D eigenvalue weighted by Crippen LogP contribution is -2.21. The molecule has 25 heavy (non-hydrogen) atoms. The summed E-state index contributed by atoms with van der Waals surface area (Å²) in [7, 11) is 0. The maximum atomic E-state index is 11.4. The molecule has 1 unspecified atom stereocenters. The van der Waals surface area contributed by atoms with Gasteiger partial charge in [0.25, 0.3) is 5.69 Å². The van der Waals surface area contributed by atoms with Crippen LogP contribution in [0.5, 0.6) is 5.75 Å². The molecule has 6 nitrogen and oxygen atoms in total. The van der Waals surface area contributed by atoms with Crippen molar-refractivity contribution in [2.24, 2.45) is 5.73 Å². The fraction of sp³-hybridized carbons (Fsp3) is 0.158. The van der Waals surface area contributed by atoms with E-state index < -0.39 is 11.1 Å². The van der Waals surface area contributed by atoms with Gasteiger partial charge in [0.05, 0.1) is 17.6 Å². The molecular formula is C19H19N3O3. The van der Waals surface area contributed by atoms with Crippen molar-refractivity contribution >= 4 is 22.1 Å². The lowest BCUT2D eigenvalue weighted by Gasteiger charge is -2.18. The maximum absolute atomic E-state index is 11.4. The van der Waals surface area contributed by atoms with Crippen molar-refractivity contribution in [2.75, 3.05) is 11.9 Å². The fourth-order valence-corrected chi connectivity index (χ4v) is 2.81. The van der Waals surface area contributed by atoms with Crippen LogP contribution in [-0.2, 0) is 0 Å². The van der Waals surface area contributed by atoms with E-state index in [0.29, 0.717) is 18.0 Å². The monoisotopic (exact) mass is 337 g/mol. The average Bonchev–Trinajstić information content (AvgIpc) is 2.62. The Kier molecular flexibility index (Phi) is 4.81. The van der Waals surface area contributed by atoms with Crippen LogP contribution < -0.4 is 15.8 Å².